The minimum atomic E-state index is -0.572. The number of alkyl carbamates (subject to hydrolysis) is 1. The van der Waals surface area contributed by atoms with E-state index in [4.69, 9.17) is 14.2 Å². The second-order valence-electron chi connectivity index (χ2n) is 8.34. The molecule has 1 heterocycles. The third-order valence-electron chi connectivity index (χ3n) is 4.86. The van der Waals surface area contributed by atoms with Crippen molar-refractivity contribution in [2.45, 2.75) is 64.5 Å². The largest absolute Gasteiger partial charge is 0.486 e. The van der Waals surface area contributed by atoms with Crippen molar-refractivity contribution in [3.05, 3.63) is 18.2 Å². The summed E-state index contributed by atoms with van der Waals surface area (Å²) in [5.74, 6) is 0.916. The highest BCUT2D eigenvalue weighted by Crippen LogP contribution is 2.33. The molecule has 154 valence electrons. The average Bonchev–Trinajstić information content (AvgIpc) is 2.85. The summed E-state index contributed by atoms with van der Waals surface area (Å²) in [5, 5.41) is 5.89. The molecular formula is C21H30N2O5. The summed E-state index contributed by atoms with van der Waals surface area (Å²) in [4.78, 5) is 25.2. The molecule has 0 radical (unpaired) electrons. The molecule has 1 fully saturated rings. The van der Waals surface area contributed by atoms with Gasteiger partial charge in [0.05, 0.1) is 5.92 Å². The van der Waals surface area contributed by atoms with Crippen molar-refractivity contribution in [2.24, 2.45) is 5.92 Å². The highest BCUT2D eigenvalue weighted by molar-refractivity contribution is 5.93. The second-order valence-corrected chi connectivity index (χ2v) is 8.34. The third-order valence-corrected chi connectivity index (χ3v) is 4.86. The molecular weight excluding hydrogens is 360 g/mol. The molecule has 2 N–H and O–H groups in total. The zero-order chi connectivity index (χ0) is 20.1. The molecule has 0 spiro atoms. The number of ether oxygens (including phenoxy) is 3. The molecule has 3 rings (SSSR count). The van der Waals surface area contributed by atoms with Gasteiger partial charge in [0.2, 0.25) is 5.91 Å². The van der Waals surface area contributed by atoms with E-state index < -0.39 is 11.7 Å². The SMILES string of the molecule is CC(C)(C)OC(=O)N[C@H]1CCCCC[C@@H]1C(=O)Nc1ccc2c(c1)OCCO2. The van der Waals surface area contributed by atoms with Gasteiger partial charge in [0.25, 0.3) is 0 Å². The normalized spacial score (nSPS) is 22.0. The summed E-state index contributed by atoms with van der Waals surface area (Å²) >= 11 is 0. The predicted molar refractivity (Wildman–Crippen MR) is 106 cm³/mol. The van der Waals surface area contributed by atoms with E-state index in [1.165, 1.54) is 0 Å². The molecule has 2 amide bonds. The Bertz CT molecular complexity index is 713. The summed E-state index contributed by atoms with van der Waals surface area (Å²) in [6, 6.07) is 5.14. The molecule has 28 heavy (non-hydrogen) atoms. The van der Waals surface area contributed by atoms with E-state index in [1.807, 2.05) is 20.8 Å². The highest BCUT2D eigenvalue weighted by Gasteiger charge is 2.32. The number of carbonyl (C=O) groups excluding carboxylic acids is 2. The Morgan fingerprint density at radius 3 is 2.50 bits per heavy atom. The summed E-state index contributed by atoms with van der Waals surface area (Å²) in [7, 11) is 0. The van der Waals surface area contributed by atoms with Gasteiger partial charge in [-0.15, -0.1) is 0 Å². The van der Waals surface area contributed by atoms with Crippen LogP contribution in [0.1, 0.15) is 52.9 Å². The van der Waals surface area contributed by atoms with E-state index in [0.717, 1.165) is 32.1 Å². The van der Waals surface area contributed by atoms with E-state index in [2.05, 4.69) is 10.6 Å². The van der Waals surface area contributed by atoms with Crippen molar-refractivity contribution >= 4 is 17.7 Å². The zero-order valence-corrected chi connectivity index (χ0v) is 16.9. The van der Waals surface area contributed by atoms with E-state index in [0.29, 0.717) is 30.4 Å². The number of carbonyl (C=O) groups is 2. The number of hydrogen-bond donors (Lipinski definition) is 2. The molecule has 7 nitrogen and oxygen atoms in total. The van der Waals surface area contributed by atoms with Gasteiger partial charge in [0.15, 0.2) is 11.5 Å². The van der Waals surface area contributed by atoms with Crippen molar-refractivity contribution in [2.75, 3.05) is 18.5 Å². The first-order chi connectivity index (χ1) is 13.3. The number of rotatable bonds is 3. The molecule has 0 aromatic heterocycles. The molecule has 1 aliphatic carbocycles. The van der Waals surface area contributed by atoms with Crippen molar-refractivity contribution in [1.29, 1.82) is 0 Å². The summed E-state index contributed by atoms with van der Waals surface area (Å²) < 4.78 is 16.5. The number of anilines is 1. The van der Waals surface area contributed by atoms with Gasteiger partial charge in [-0.2, -0.15) is 0 Å². The van der Waals surface area contributed by atoms with Gasteiger partial charge in [0, 0.05) is 17.8 Å². The lowest BCUT2D eigenvalue weighted by molar-refractivity contribution is -0.120. The van der Waals surface area contributed by atoms with Crippen LogP contribution in [0.4, 0.5) is 10.5 Å². The van der Waals surface area contributed by atoms with Gasteiger partial charge in [-0.3, -0.25) is 4.79 Å². The maximum Gasteiger partial charge on any atom is 0.407 e. The van der Waals surface area contributed by atoms with E-state index in [1.54, 1.807) is 18.2 Å². The van der Waals surface area contributed by atoms with Crippen LogP contribution in [0.25, 0.3) is 0 Å². The fraction of sp³-hybridized carbons (Fsp3) is 0.619. The fourth-order valence-corrected chi connectivity index (χ4v) is 3.61. The lowest BCUT2D eigenvalue weighted by Gasteiger charge is -2.27. The Labute approximate surface area is 166 Å². The number of nitrogens with one attached hydrogen (secondary N) is 2. The zero-order valence-electron chi connectivity index (χ0n) is 16.9. The van der Waals surface area contributed by atoms with Gasteiger partial charge in [-0.25, -0.2) is 4.79 Å². The average molecular weight is 390 g/mol. The molecule has 1 aromatic rings. The Morgan fingerprint density at radius 1 is 1.04 bits per heavy atom. The quantitative estimate of drug-likeness (QED) is 0.765. The summed E-state index contributed by atoms with van der Waals surface area (Å²) in [6.07, 6.45) is 4.02. The topological polar surface area (TPSA) is 85.9 Å². The van der Waals surface area contributed by atoms with Gasteiger partial charge in [-0.1, -0.05) is 19.3 Å². The van der Waals surface area contributed by atoms with Gasteiger partial charge in [-0.05, 0) is 45.7 Å². The van der Waals surface area contributed by atoms with Gasteiger partial charge in [0.1, 0.15) is 18.8 Å². The first-order valence-electron chi connectivity index (χ1n) is 10.0. The minimum absolute atomic E-state index is 0.0976. The first kappa shape index (κ1) is 20.3. The van der Waals surface area contributed by atoms with Crippen molar-refractivity contribution in [3.8, 4) is 11.5 Å². The number of hydrogen-bond acceptors (Lipinski definition) is 5. The smallest absolute Gasteiger partial charge is 0.407 e. The lowest BCUT2D eigenvalue weighted by atomic mass is 9.93. The lowest BCUT2D eigenvalue weighted by Crippen LogP contribution is -2.46. The molecule has 2 atom stereocenters. The Kier molecular flexibility index (Phi) is 6.31. The molecule has 0 saturated heterocycles. The predicted octanol–water partition coefficient (Wildman–Crippen LogP) is 3.87. The van der Waals surface area contributed by atoms with Crippen LogP contribution in [-0.2, 0) is 9.53 Å². The van der Waals surface area contributed by atoms with E-state index in [9.17, 15) is 9.59 Å². The fourth-order valence-electron chi connectivity index (χ4n) is 3.61. The Balaban J connectivity index is 1.67. The maximum absolute atomic E-state index is 13.0. The van der Waals surface area contributed by atoms with Crippen LogP contribution in [-0.4, -0.2) is 36.9 Å². The summed E-state index contributed by atoms with van der Waals surface area (Å²) in [5.41, 5.74) is 0.0899. The second kappa shape index (κ2) is 8.71. The van der Waals surface area contributed by atoms with Crippen LogP contribution in [0.3, 0.4) is 0 Å². The Morgan fingerprint density at radius 2 is 1.75 bits per heavy atom. The third kappa shape index (κ3) is 5.53. The molecule has 1 aliphatic heterocycles. The molecule has 0 bridgehead atoms. The van der Waals surface area contributed by atoms with Crippen LogP contribution >= 0.6 is 0 Å². The summed E-state index contributed by atoms with van der Waals surface area (Å²) in [6.45, 7) is 6.50. The first-order valence-corrected chi connectivity index (χ1v) is 10.0. The van der Waals surface area contributed by atoms with E-state index in [-0.39, 0.29) is 17.9 Å². The van der Waals surface area contributed by atoms with Crippen LogP contribution < -0.4 is 20.1 Å². The highest BCUT2D eigenvalue weighted by atomic mass is 16.6. The Hall–Kier alpha value is -2.44. The van der Waals surface area contributed by atoms with Gasteiger partial charge >= 0.3 is 6.09 Å². The van der Waals surface area contributed by atoms with Crippen LogP contribution in [0.5, 0.6) is 11.5 Å². The van der Waals surface area contributed by atoms with Crippen LogP contribution in [0.2, 0.25) is 0 Å². The molecule has 1 saturated carbocycles. The van der Waals surface area contributed by atoms with E-state index >= 15 is 0 Å². The van der Waals surface area contributed by atoms with Gasteiger partial charge < -0.3 is 24.8 Å². The molecule has 2 aliphatic rings. The van der Waals surface area contributed by atoms with Crippen molar-refractivity contribution in [3.63, 3.8) is 0 Å². The van der Waals surface area contributed by atoms with Crippen LogP contribution in [0, 0.1) is 5.92 Å². The monoisotopic (exact) mass is 390 g/mol. The number of amides is 2. The molecule has 1 aromatic carbocycles. The number of benzene rings is 1. The number of fused-ring (bicyclic) bond motifs is 1. The van der Waals surface area contributed by atoms with Crippen molar-refractivity contribution < 1.29 is 23.8 Å². The molecule has 7 heteroatoms. The van der Waals surface area contributed by atoms with Crippen LogP contribution in [0.15, 0.2) is 18.2 Å². The molecule has 0 unspecified atom stereocenters. The maximum atomic E-state index is 13.0. The van der Waals surface area contributed by atoms with Crippen molar-refractivity contribution in [1.82, 2.24) is 5.32 Å². The standard InChI is InChI=1S/C21H30N2O5/c1-21(2,3)28-20(25)23-16-8-6-4-5-7-15(16)19(24)22-14-9-10-17-18(13-14)27-12-11-26-17/h9-10,13,15-16H,4-8,11-12H2,1-3H3,(H,22,24)(H,23,25)/t15-,16-/m0/s1. The minimum Gasteiger partial charge on any atom is -0.486 e.